The standard InChI is InChI=1S/C49H82O18/c1-10-27(20(2)3)30(52)17-21(4)32-42(63-24(7)51)43(66-45-40(59)37(56)34(53)22(5)61-45)33-28-12-11-25-18-26(13-15-48(25,8)29(28)14-16-49(32,33)9)64-47-44(39(58)36(55)31(19-50)65-47)67-46-41(60)38(57)35(54)23(6)62-46/h11,20-23,26-47,50,52-60H,10,12-19H2,1-9H3/t21-,22+,23+,26+,27?,28-,29+,30?,31+,32+,33-,34+,35+,36+,37-,38-,39-,40-,41-,42-,43+,44+,45+,46+,47+,48+,49-/m1/s1. The second kappa shape index (κ2) is 21.0. The summed E-state index contributed by atoms with van der Waals surface area (Å²) in [7, 11) is 0. The van der Waals surface area contributed by atoms with Gasteiger partial charge in [0.25, 0.3) is 0 Å². The molecule has 7 aliphatic rings. The van der Waals surface area contributed by atoms with Crippen LogP contribution < -0.4 is 0 Å². The van der Waals surface area contributed by atoms with Crippen molar-refractivity contribution in [2.24, 2.45) is 52.3 Å². The summed E-state index contributed by atoms with van der Waals surface area (Å²) in [5, 5.41) is 108. The number of hydrogen-bond donors (Lipinski definition) is 10. The van der Waals surface area contributed by atoms with E-state index in [9.17, 15) is 55.9 Å². The van der Waals surface area contributed by atoms with E-state index in [1.54, 1.807) is 6.92 Å². The molecule has 18 heteroatoms. The molecule has 4 aliphatic carbocycles. The first kappa shape index (κ1) is 53.4. The highest BCUT2D eigenvalue weighted by atomic mass is 16.8. The summed E-state index contributed by atoms with van der Waals surface area (Å²) in [6, 6.07) is 0. The molecule has 386 valence electrons. The Hall–Kier alpha value is -1.43. The topological polar surface area (TPSA) is 284 Å². The van der Waals surface area contributed by atoms with Crippen LogP contribution >= 0.6 is 0 Å². The van der Waals surface area contributed by atoms with E-state index in [4.69, 9.17) is 33.2 Å². The van der Waals surface area contributed by atoms with Gasteiger partial charge in [-0.05, 0) is 105 Å². The molecule has 7 rings (SSSR count). The van der Waals surface area contributed by atoms with Gasteiger partial charge in [-0.3, -0.25) is 4.79 Å². The van der Waals surface area contributed by atoms with Crippen molar-refractivity contribution in [1.29, 1.82) is 0 Å². The van der Waals surface area contributed by atoms with E-state index in [0.29, 0.717) is 32.1 Å². The molecule has 3 saturated heterocycles. The molecular formula is C49H82O18. The summed E-state index contributed by atoms with van der Waals surface area (Å²) in [6.45, 7) is 16.8. The van der Waals surface area contributed by atoms with Crippen molar-refractivity contribution >= 4 is 5.97 Å². The molecule has 18 nitrogen and oxygen atoms in total. The number of hydrogen-bond acceptors (Lipinski definition) is 18. The first-order chi connectivity index (χ1) is 31.5. The largest absolute Gasteiger partial charge is 0.459 e. The number of aliphatic hydroxyl groups is 10. The molecule has 0 bridgehead atoms. The molecule has 6 fully saturated rings. The normalized spacial score (nSPS) is 50.4. The van der Waals surface area contributed by atoms with Crippen molar-refractivity contribution in [3.05, 3.63) is 11.6 Å². The van der Waals surface area contributed by atoms with Gasteiger partial charge in [-0.1, -0.05) is 59.6 Å². The maximum atomic E-state index is 13.1. The minimum absolute atomic E-state index is 0.0162. The molecule has 67 heavy (non-hydrogen) atoms. The van der Waals surface area contributed by atoms with Crippen LogP contribution in [0.25, 0.3) is 0 Å². The van der Waals surface area contributed by atoms with Crippen molar-refractivity contribution in [1.82, 2.24) is 0 Å². The Morgan fingerprint density at radius 1 is 0.761 bits per heavy atom. The van der Waals surface area contributed by atoms with Gasteiger partial charge in [-0.2, -0.15) is 0 Å². The third-order valence-corrected chi connectivity index (χ3v) is 17.8. The molecular weight excluding hydrogens is 877 g/mol. The summed E-state index contributed by atoms with van der Waals surface area (Å²) in [6.07, 6.45) is -16.0. The van der Waals surface area contributed by atoms with E-state index >= 15 is 0 Å². The smallest absolute Gasteiger partial charge is 0.303 e. The second-order valence-electron chi connectivity index (χ2n) is 22.2. The molecule has 0 radical (unpaired) electrons. The number of allylic oxidation sites excluding steroid dienone is 1. The average Bonchev–Trinajstić information content (AvgIpc) is 3.51. The van der Waals surface area contributed by atoms with Crippen LogP contribution in [0.3, 0.4) is 0 Å². The fourth-order valence-corrected chi connectivity index (χ4v) is 14.2. The van der Waals surface area contributed by atoms with Crippen LogP contribution in [0.4, 0.5) is 0 Å². The number of esters is 1. The summed E-state index contributed by atoms with van der Waals surface area (Å²) >= 11 is 0. The maximum Gasteiger partial charge on any atom is 0.303 e. The molecule has 27 atom stereocenters. The number of carbonyl (C=O) groups excluding carboxylic acids is 1. The van der Waals surface area contributed by atoms with E-state index < -0.39 is 135 Å². The van der Waals surface area contributed by atoms with Gasteiger partial charge >= 0.3 is 5.97 Å². The average molecular weight is 959 g/mol. The number of rotatable bonds is 14. The van der Waals surface area contributed by atoms with Crippen LogP contribution in [0.15, 0.2) is 11.6 Å². The van der Waals surface area contributed by atoms with Crippen molar-refractivity contribution in [2.75, 3.05) is 6.61 Å². The Balaban J connectivity index is 1.17. The second-order valence-corrected chi connectivity index (χ2v) is 22.2. The van der Waals surface area contributed by atoms with E-state index in [2.05, 4.69) is 47.6 Å². The molecule has 3 aliphatic heterocycles. The van der Waals surface area contributed by atoms with Gasteiger partial charge in [-0.15, -0.1) is 0 Å². The van der Waals surface area contributed by atoms with Crippen LogP contribution in [-0.4, -0.2) is 180 Å². The van der Waals surface area contributed by atoms with Gasteiger partial charge in [0.1, 0.15) is 73.2 Å². The highest BCUT2D eigenvalue weighted by Gasteiger charge is 2.68. The highest BCUT2D eigenvalue weighted by molar-refractivity contribution is 5.66. The number of ether oxygens (including phenoxy) is 7. The quantitative estimate of drug-likeness (QED) is 0.0860. The van der Waals surface area contributed by atoms with Crippen LogP contribution in [0.2, 0.25) is 0 Å². The SMILES string of the molecule is CCC(C(C)C)C(O)C[C@@H](C)[C@H]1[C@@H](OC(C)=O)[C@@H](O[C@@H]2O[C@@H](C)[C@H](O)[C@@H](O)[C@H]2O)[C@H]2[C@@H]3CC=C4C[C@@H](O[C@H]5O[C@@H](CO)[C@H](O)[C@@H](O)[C@@H]5O[C@@H]5O[C@@H](C)[C@H](O)[C@@H](O)[C@H]5O)CC[C@]4(C)[C@H]3CC[C@@]21C. The number of carbonyl (C=O) groups is 1. The summed E-state index contributed by atoms with van der Waals surface area (Å²) in [4.78, 5) is 13.1. The lowest BCUT2D eigenvalue weighted by molar-refractivity contribution is -0.369. The number of fused-ring (bicyclic) bond motifs is 5. The minimum Gasteiger partial charge on any atom is -0.459 e. The highest BCUT2D eigenvalue weighted by Crippen LogP contribution is 2.68. The fraction of sp³-hybridized carbons (Fsp3) is 0.939. The molecule has 10 N–H and O–H groups in total. The van der Waals surface area contributed by atoms with Gasteiger partial charge in [0, 0.05) is 12.8 Å². The predicted molar refractivity (Wildman–Crippen MR) is 237 cm³/mol. The van der Waals surface area contributed by atoms with Crippen molar-refractivity contribution in [3.63, 3.8) is 0 Å². The zero-order chi connectivity index (χ0) is 49.2. The predicted octanol–water partition coefficient (Wildman–Crippen LogP) is 1.04. The summed E-state index contributed by atoms with van der Waals surface area (Å²) in [5.41, 5.74) is 0.404. The van der Waals surface area contributed by atoms with Crippen LogP contribution in [0.1, 0.15) is 114 Å². The Labute approximate surface area is 394 Å². The third-order valence-electron chi connectivity index (χ3n) is 17.8. The molecule has 3 saturated carbocycles. The Morgan fingerprint density at radius 3 is 1.91 bits per heavy atom. The van der Waals surface area contributed by atoms with Gasteiger partial charge in [0.2, 0.25) is 0 Å². The molecule has 2 unspecified atom stereocenters. The molecule has 3 heterocycles. The van der Waals surface area contributed by atoms with E-state index in [-0.39, 0.29) is 46.8 Å². The van der Waals surface area contributed by atoms with E-state index in [1.807, 2.05) is 0 Å². The molecule has 0 amide bonds. The van der Waals surface area contributed by atoms with Crippen molar-refractivity contribution in [2.45, 2.75) is 230 Å². The van der Waals surface area contributed by atoms with Crippen LogP contribution in [0, 0.1) is 52.3 Å². The molecule has 0 spiro atoms. The van der Waals surface area contributed by atoms with Crippen molar-refractivity contribution in [3.8, 4) is 0 Å². The number of aliphatic hydroxyl groups excluding tert-OH is 10. The fourth-order valence-electron chi connectivity index (χ4n) is 14.2. The lowest BCUT2D eigenvalue weighted by Crippen LogP contribution is -2.64. The zero-order valence-corrected chi connectivity index (χ0v) is 40.7. The molecule has 0 aromatic heterocycles. The monoisotopic (exact) mass is 959 g/mol. The summed E-state index contributed by atoms with van der Waals surface area (Å²) in [5.74, 6) is -0.577. The molecule has 0 aromatic rings. The molecule has 0 aromatic carbocycles. The van der Waals surface area contributed by atoms with E-state index in [0.717, 1.165) is 19.3 Å². The minimum atomic E-state index is -1.69. The van der Waals surface area contributed by atoms with Crippen LogP contribution in [0.5, 0.6) is 0 Å². The van der Waals surface area contributed by atoms with Gasteiger partial charge in [0.15, 0.2) is 18.9 Å². The third kappa shape index (κ3) is 9.93. The lowest BCUT2D eigenvalue weighted by atomic mass is 9.46. The Morgan fingerprint density at radius 2 is 1.36 bits per heavy atom. The first-order valence-electron chi connectivity index (χ1n) is 25.0. The first-order valence-corrected chi connectivity index (χ1v) is 25.0. The van der Waals surface area contributed by atoms with Crippen LogP contribution in [-0.2, 0) is 38.0 Å². The van der Waals surface area contributed by atoms with Crippen molar-refractivity contribution < 1.29 is 89.0 Å². The van der Waals surface area contributed by atoms with Gasteiger partial charge < -0.3 is 84.2 Å². The maximum absolute atomic E-state index is 13.1. The van der Waals surface area contributed by atoms with Gasteiger partial charge in [-0.25, -0.2) is 0 Å². The summed E-state index contributed by atoms with van der Waals surface area (Å²) < 4.78 is 43.5. The Kier molecular flexibility index (Phi) is 16.7. The lowest BCUT2D eigenvalue weighted by Gasteiger charge is -2.59. The van der Waals surface area contributed by atoms with E-state index in [1.165, 1.54) is 19.4 Å². The Bertz CT molecular complexity index is 1700. The zero-order valence-electron chi connectivity index (χ0n) is 40.7. The van der Waals surface area contributed by atoms with Gasteiger partial charge in [0.05, 0.1) is 31.0 Å².